The molecule has 0 aliphatic carbocycles. The predicted molar refractivity (Wildman–Crippen MR) is 119 cm³/mol. The van der Waals surface area contributed by atoms with Crippen LogP contribution in [-0.4, -0.2) is 28.5 Å². The first kappa shape index (κ1) is 20.9. The van der Waals surface area contributed by atoms with E-state index in [4.69, 9.17) is 9.15 Å². The van der Waals surface area contributed by atoms with Gasteiger partial charge < -0.3 is 24.4 Å². The van der Waals surface area contributed by atoms with Crippen molar-refractivity contribution in [2.45, 2.75) is 6.04 Å². The number of carbonyl (C=O) groups is 2. The average Bonchev–Trinajstić information content (AvgIpc) is 3.50. The minimum Gasteiger partial charge on any atom is -0.497 e. The van der Waals surface area contributed by atoms with Crippen LogP contribution in [0.25, 0.3) is 0 Å². The number of hydrogen-bond donors (Lipinski definition) is 2. The molecule has 0 radical (unpaired) electrons. The van der Waals surface area contributed by atoms with Gasteiger partial charge >= 0.3 is 0 Å². The van der Waals surface area contributed by atoms with Gasteiger partial charge in [0.2, 0.25) is 0 Å². The fourth-order valence-electron chi connectivity index (χ4n) is 3.33. The fourth-order valence-corrected chi connectivity index (χ4v) is 3.33. The van der Waals surface area contributed by atoms with Crippen molar-refractivity contribution < 1.29 is 18.7 Å². The van der Waals surface area contributed by atoms with Gasteiger partial charge in [-0.1, -0.05) is 18.2 Å². The zero-order valence-corrected chi connectivity index (χ0v) is 17.6. The minimum absolute atomic E-state index is 0.188. The lowest BCUT2D eigenvalue weighted by Crippen LogP contribution is -2.31. The van der Waals surface area contributed by atoms with Crippen molar-refractivity contribution in [1.82, 2.24) is 14.9 Å². The van der Waals surface area contributed by atoms with Crippen LogP contribution in [-0.2, 0) is 7.05 Å². The normalized spacial score (nSPS) is 11.6. The van der Waals surface area contributed by atoms with Gasteiger partial charge in [0.05, 0.1) is 13.4 Å². The van der Waals surface area contributed by atoms with Crippen LogP contribution in [0.3, 0.4) is 0 Å². The Balaban J connectivity index is 1.58. The zero-order valence-electron chi connectivity index (χ0n) is 17.6. The van der Waals surface area contributed by atoms with E-state index in [1.165, 1.54) is 6.26 Å². The van der Waals surface area contributed by atoms with Gasteiger partial charge in [-0.15, -0.1) is 0 Å². The Labute approximate surface area is 184 Å². The molecule has 1 atom stereocenters. The maximum Gasteiger partial charge on any atom is 0.291 e. The van der Waals surface area contributed by atoms with Crippen LogP contribution >= 0.6 is 0 Å². The molecule has 0 saturated heterocycles. The summed E-state index contributed by atoms with van der Waals surface area (Å²) in [7, 11) is 3.46. The molecule has 32 heavy (non-hydrogen) atoms. The monoisotopic (exact) mass is 430 g/mol. The highest BCUT2D eigenvalue weighted by molar-refractivity contribution is 6.03. The third kappa shape index (κ3) is 4.54. The highest BCUT2D eigenvalue weighted by Crippen LogP contribution is 2.25. The molecule has 4 rings (SSSR count). The van der Waals surface area contributed by atoms with Gasteiger partial charge in [0, 0.05) is 30.7 Å². The number of benzene rings is 2. The molecule has 0 spiro atoms. The third-order valence-corrected chi connectivity index (χ3v) is 4.95. The number of carbonyl (C=O) groups excluding carboxylic acids is 2. The second-order valence-corrected chi connectivity index (χ2v) is 7.09. The Bertz CT molecular complexity index is 1230. The van der Waals surface area contributed by atoms with Crippen LogP contribution in [0.4, 0.5) is 5.69 Å². The molecule has 162 valence electrons. The largest absolute Gasteiger partial charge is 0.497 e. The fraction of sp³-hybridized carbons (Fsp3) is 0.125. The highest BCUT2D eigenvalue weighted by Gasteiger charge is 2.22. The van der Waals surface area contributed by atoms with E-state index in [9.17, 15) is 9.59 Å². The molecule has 0 fully saturated rings. The maximum atomic E-state index is 13.1. The molecule has 8 heteroatoms. The summed E-state index contributed by atoms with van der Waals surface area (Å²) in [5, 5.41) is 5.77. The summed E-state index contributed by atoms with van der Waals surface area (Å²) in [5.41, 5.74) is 1.70. The summed E-state index contributed by atoms with van der Waals surface area (Å²) in [6.45, 7) is 0. The standard InChI is InChI=1S/C24H22N4O4/c1-28-12-11-25-22(28)21(16-6-4-9-19(15-16)31-2)27-23(29)17-7-3-8-18(14-17)26-24(30)20-10-5-13-32-20/h3-15,21H,1-2H3,(H,26,30)(H,27,29). The lowest BCUT2D eigenvalue weighted by atomic mass is 10.0. The molecule has 0 aliphatic heterocycles. The van der Waals surface area contributed by atoms with E-state index in [1.807, 2.05) is 42.1 Å². The second kappa shape index (κ2) is 9.22. The van der Waals surface area contributed by atoms with Gasteiger partial charge in [-0.2, -0.15) is 0 Å². The van der Waals surface area contributed by atoms with Crippen molar-refractivity contribution in [3.05, 3.63) is 102 Å². The lowest BCUT2D eigenvalue weighted by molar-refractivity contribution is 0.0939. The topological polar surface area (TPSA) is 98.4 Å². The summed E-state index contributed by atoms with van der Waals surface area (Å²) in [6, 6.07) is 16.9. The van der Waals surface area contributed by atoms with Gasteiger partial charge in [-0.05, 0) is 48.0 Å². The van der Waals surface area contributed by atoms with Gasteiger partial charge in [0.1, 0.15) is 17.6 Å². The molecule has 2 amide bonds. The molecule has 2 N–H and O–H groups in total. The van der Waals surface area contributed by atoms with Crippen molar-refractivity contribution in [2.24, 2.45) is 7.05 Å². The first-order valence-electron chi connectivity index (χ1n) is 9.92. The number of furan rings is 1. The van der Waals surface area contributed by atoms with Crippen LogP contribution in [0.5, 0.6) is 5.75 Å². The van der Waals surface area contributed by atoms with Crippen molar-refractivity contribution >= 4 is 17.5 Å². The summed E-state index contributed by atoms with van der Waals surface area (Å²) < 4.78 is 12.3. The molecule has 2 heterocycles. The van der Waals surface area contributed by atoms with Crippen LogP contribution in [0, 0.1) is 0 Å². The number of nitrogens with zero attached hydrogens (tertiary/aromatic N) is 2. The van der Waals surface area contributed by atoms with Gasteiger partial charge in [0.25, 0.3) is 11.8 Å². The number of hydrogen-bond acceptors (Lipinski definition) is 5. The van der Waals surface area contributed by atoms with Gasteiger partial charge in [-0.3, -0.25) is 9.59 Å². The predicted octanol–water partition coefficient (Wildman–Crippen LogP) is 3.79. The number of amides is 2. The molecule has 2 aromatic heterocycles. The van der Waals surface area contributed by atoms with E-state index in [-0.39, 0.29) is 11.7 Å². The number of aryl methyl sites for hydroxylation is 1. The van der Waals surface area contributed by atoms with Crippen molar-refractivity contribution in [3.63, 3.8) is 0 Å². The number of aromatic nitrogens is 2. The SMILES string of the molecule is COc1cccc(C(NC(=O)c2cccc(NC(=O)c3ccco3)c2)c2nccn2C)c1. The van der Waals surface area contributed by atoms with Gasteiger partial charge in [0.15, 0.2) is 5.76 Å². The zero-order chi connectivity index (χ0) is 22.5. The molecule has 0 bridgehead atoms. The van der Waals surface area contributed by atoms with E-state index in [2.05, 4.69) is 15.6 Å². The summed E-state index contributed by atoms with van der Waals surface area (Å²) in [4.78, 5) is 29.8. The maximum absolute atomic E-state index is 13.1. The number of ether oxygens (including phenoxy) is 1. The number of imidazole rings is 1. The highest BCUT2D eigenvalue weighted by atomic mass is 16.5. The molecule has 0 saturated carbocycles. The van der Waals surface area contributed by atoms with Gasteiger partial charge in [-0.25, -0.2) is 4.98 Å². The molecule has 8 nitrogen and oxygen atoms in total. The lowest BCUT2D eigenvalue weighted by Gasteiger charge is -2.20. The van der Waals surface area contributed by atoms with Crippen LogP contribution in [0.1, 0.15) is 38.3 Å². The van der Waals surface area contributed by atoms with Crippen LogP contribution in [0.2, 0.25) is 0 Å². The van der Waals surface area contributed by atoms with Crippen molar-refractivity contribution in [3.8, 4) is 5.75 Å². The molecule has 0 aliphatic rings. The minimum atomic E-state index is -0.501. The average molecular weight is 430 g/mol. The molecule has 4 aromatic rings. The Morgan fingerprint density at radius 3 is 2.62 bits per heavy atom. The summed E-state index contributed by atoms with van der Waals surface area (Å²) in [6.07, 6.45) is 4.92. The van der Waals surface area contributed by atoms with E-state index >= 15 is 0 Å². The summed E-state index contributed by atoms with van der Waals surface area (Å²) in [5.74, 6) is 0.838. The Kier molecular flexibility index (Phi) is 6.03. The van der Waals surface area contributed by atoms with E-state index < -0.39 is 11.9 Å². The molecule has 2 aromatic carbocycles. The van der Waals surface area contributed by atoms with Crippen LogP contribution < -0.4 is 15.4 Å². The number of nitrogens with one attached hydrogen (secondary N) is 2. The third-order valence-electron chi connectivity index (χ3n) is 4.95. The first-order valence-corrected chi connectivity index (χ1v) is 9.92. The Morgan fingerprint density at radius 1 is 1.06 bits per heavy atom. The smallest absolute Gasteiger partial charge is 0.291 e. The quantitative estimate of drug-likeness (QED) is 0.465. The second-order valence-electron chi connectivity index (χ2n) is 7.09. The Morgan fingerprint density at radius 2 is 1.91 bits per heavy atom. The Hall–Kier alpha value is -4.33. The van der Waals surface area contributed by atoms with E-state index in [0.29, 0.717) is 22.8 Å². The molecular weight excluding hydrogens is 408 g/mol. The molecule has 1 unspecified atom stereocenters. The van der Waals surface area contributed by atoms with Crippen molar-refractivity contribution in [1.29, 1.82) is 0 Å². The summed E-state index contributed by atoms with van der Waals surface area (Å²) >= 11 is 0. The first-order chi connectivity index (χ1) is 15.5. The van der Waals surface area contributed by atoms with E-state index in [1.54, 1.807) is 49.7 Å². The van der Waals surface area contributed by atoms with Crippen LogP contribution in [0.15, 0.2) is 83.7 Å². The number of rotatable bonds is 7. The van der Waals surface area contributed by atoms with Crippen molar-refractivity contribution in [2.75, 3.05) is 12.4 Å². The van der Waals surface area contributed by atoms with E-state index in [0.717, 1.165) is 5.56 Å². The molecular formula is C24H22N4O4. The number of methoxy groups -OCH3 is 1. The number of anilines is 1.